The summed E-state index contributed by atoms with van der Waals surface area (Å²) in [6, 6.07) is 6.59. The molecule has 1 saturated carbocycles. The van der Waals surface area contributed by atoms with E-state index in [1.54, 1.807) is 7.11 Å². The van der Waals surface area contributed by atoms with Crippen molar-refractivity contribution in [2.45, 2.75) is 59.5 Å². The first kappa shape index (κ1) is 16.6. The summed E-state index contributed by atoms with van der Waals surface area (Å²) in [5.74, 6) is 0.736. The zero-order chi connectivity index (χ0) is 15.7. The topological polar surface area (TPSA) is 21.3 Å². The zero-order valence-corrected chi connectivity index (χ0v) is 14.7. The fraction of sp³-hybridized carbons (Fsp3) is 0.667. The standard InChI is InChI=1S/C18H28ClNO/c1-17(2)9-14(10-18(3,4)12-17)20-11-13-6-7-16(21-5)15(19)8-13/h6-8,14,20H,9-12H2,1-5H3. The summed E-state index contributed by atoms with van der Waals surface area (Å²) in [5.41, 5.74) is 2.04. The van der Waals surface area contributed by atoms with Crippen LogP contribution in [0.15, 0.2) is 18.2 Å². The average molecular weight is 310 g/mol. The highest BCUT2D eigenvalue weighted by molar-refractivity contribution is 6.32. The molecule has 1 aliphatic carbocycles. The molecule has 2 rings (SSSR count). The van der Waals surface area contributed by atoms with Crippen LogP contribution in [0.2, 0.25) is 5.02 Å². The molecule has 0 aromatic heterocycles. The number of rotatable bonds is 4. The number of hydrogen-bond donors (Lipinski definition) is 1. The molecule has 0 atom stereocenters. The molecule has 21 heavy (non-hydrogen) atoms. The first-order chi connectivity index (χ1) is 9.71. The van der Waals surface area contributed by atoms with Crippen LogP contribution in [0.5, 0.6) is 5.75 Å². The molecule has 0 unspecified atom stereocenters. The van der Waals surface area contributed by atoms with Gasteiger partial charge in [-0.05, 0) is 47.8 Å². The molecule has 0 bridgehead atoms. The lowest BCUT2D eigenvalue weighted by Gasteiger charge is -2.45. The summed E-state index contributed by atoms with van der Waals surface area (Å²) in [5, 5.41) is 4.40. The highest BCUT2D eigenvalue weighted by Gasteiger charge is 2.38. The predicted molar refractivity (Wildman–Crippen MR) is 90.0 cm³/mol. The Labute approximate surface area is 134 Å². The van der Waals surface area contributed by atoms with Crippen LogP contribution in [0, 0.1) is 10.8 Å². The van der Waals surface area contributed by atoms with Gasteiger partial charge in [0.15, 0.2) is 0 Å². The van der Waals surface area contributed by atoms with Gasteiger partial charge in [-0.15, -0.1) is 0 Å². The fourth-order valence-electron chi connectivity index (χ4n) is 4.07. The van der Waals surface area contributed by atoms with E-state index in [-0.39, 0.29) is 0 Å². The second-order valence-electron chi connectivity index (χ2n) is 7.96. The van der Waals surface area contributed by atoms with Crippen LogP contribution in [0.1, 0.15) is 52.5 Å². The minimum absolute atomic E-state index is 0.414. The summed E-state index contributed by atoms with van der Waals surface area (Å²) in [4.78, 5) is 0. The second-order valence-corrected chi connectivity index (χ2v) is 8.37. The first-order valence-electron chi connectivity index (χ1n) is 7.77. The third-order valence-electron chi connectivity index (χ3n) is 4.37. The number of ether oxygens (including phenoxy) is 1. The van der Waals surface area contributed by atoms with Gasteiger partial charge >= 0.3 is 0 Å². The van der Waals surface area contributed by atoms with Crippen molar-refractivity contribution in [1.29, 1.82) is 0 Å². The van der Waals surface area contributed by atoms with Crippen molar-refractivity contribution in [3.05, 3.63) is 28.8 Å². The van der Waals surface area contributed by atoms with Crippen LogP contribution in [0.25, 0.3) is 0 Å². The van der Waals surface area contributed by atoms with E-state index >= 15 is 0 Å². The number of methoxy groups -OCH3 is 1. The van der Waals surface area contributed by atoms with Gasteiger partial charge in [0, 0.05) is 12.6 Å². The van der Waals surface area contributed by atoms with Crippen molar-refractivity contribution in [2.24, 2.45) is 10.8 Å². The van der Waals surface area contributed by atoms with Gasteiger partial charge in [0.05, 0.1) is 12.1 Å². The molecule has 0 heterocycles. The minimum Gasteiger partial charge on any atom is -0.495 e. The third kappa shape index (κ3) is 4.62. The number of benzene rings is 1. The van der Waals surface area contributed by atoms with Crippen molar-refractivity contribution < 1.29 is 4.74 Å². The lowest BCUT2D eigenvalue weighted by molar-refractivity contribution is 0.0845. The Hall–Kier alpha value is -0.730. The molecule has 0 radical (unpaired) electrons. The van der Waals surface area contributed by atoms with Crippen LogP contribution in [-0.4, -0.2) is 13.2 Å². The lowest BCUT2D eigenvalue weighted by atomic mass is 9.63. The van der Waals surface area contributed by atoms with E-state index in [1.165, 1.54) is 24.8 Å². The van der Waals surface area contributed by atoms with Gasteiger partial charge in [0.1, 0.15) is 5.75 Å². The summed E-state index contributed by atoms with van der Waals surface area (Å²) >= 11 is 6.19. The van der Waals surface area contributed by atoms with Gasteiger partial charge in [-0.2, -0.15) is 0 Å². The lowest BCUT2D eigenvalue weighted by Crippen LogP contribution is -2.43. The zero-order valence-electron chi connectivity index (χ0n) is 13.9. The molecule has 1 aromatic rings. The van der Waals surface area contributed by atoms with E-state index in [0.717, 1.165) is 12.3 Å². The Morgan fingerprint density at radius 2 is 1.81 bits per heavy atom. The highest BCUT2D eigenvalue weighted by atomic mass is 35.5. The Kier molecular flexibility index (Phi) is 4.89. The monoisotopic (exact) mass is 309 g/mol. The minimum atomic E-state index is 0.414. The Morgan fingerprint density at radius 3 is 2.33 bits per heavy atom. The molecule has 0 amide bonds. The molecule has 1 N–H and O–H groups in total. The smallest absolute Gasteiger partial charge is 0.137 e. The Balaban J connectivity index is 1.98. The summed E-state index contributed by atoms with van der Waals surface area (Å²) in [6.45, 7) is 10.4. The second kappa shape index (κ2) is 6.18. The molecular weight excluding hydrogens is 282 g/mol. The highest BCUT2D eigenvalue weighted by Crippen LogP contribution is 2.45. The molecule has 0 spiro atoms. The van der Waals surface area contributed by atoms with E-state index in [4.69, 9.17) is 16.3 Å². The largest absolute Gasteiger partial charge is 0.495 e. The van der Waals surface area contributed by atoms with E-state index < -0.39 is 0 Å². The van der Waals surface area contributed by atoms with Crippen LogP contribution >= 0.6 is 11.6 Å². The molecule has 0 saturated heterocycles. The molecule has 3 heteroatoms. The molecule has 118 valence electrons. The van der Waals surface area contributed by atoms with Crippen LogP contribution < -0.4 is 10.1 Å². The molecule has 0 aliphatic heterocycles. The number of halogens is 1. The van der Waals surface area contributed by atoms with Crippen molar-refractivity contribution >= 4 is 11.6 Å². The van der Waals surface area contributed by atoms with Crippen LogP contribution in [0.3, 0.4) is 0 Å². The maximum absolute atomic E-state index is 6.19. The van der Waals surface area contributed by atoms with Gasteiger partial charge in [-0.25, -0.2) is 0 Å². The van der Waals surface area contributed by atoms with Crippen LogP contribution in [0.4, 0.5) is 0 Å². The summed E-state index contributed by atoms with van der Waals surface area (Å²) in [6.07, 6.45) is 3.77. The van der Waals surface area contributed by atoms with E-state index in [0.29, 0.717) is 21.9 Å². The molecule has 1 aliphatic rings. The first-order valence-corrected chi connectivity index (χ1v) is 8.14. The maximum Gasteiger partial charge on any atom is 0.137 e. The third-order valence-corrected chi connectivity index (χ3v) is 4.66. The Bertz CT molecular complexity index is 480. The van der Waals surface area contributed by atoms with Gasteiger partial charge in [0.2, 0.25) is 0 Å². The average Bonchev–Trinajstić information content (AvgIpc) is 2.33. The predicted octanol–water partition coefficient (Wildman–Crippen LogP) is 5.04. The summed E-state index contributed by atoms with van der Waals surface area (Å²) in [7, 11) is 1.64. The number of nitrogens with one attached hydrogen (secondary N) is 1. The van der Waals surface area contributed by atoms with Gasteiger partial charge in [-0.1, -0.05) is 45.4 Å². The van der Waals surface area contributed by atoms with Crippen molar-refractivity contribution in [3.8, 4) is 5.75 Å². The van der Waals surface area contributed by atoms with Crippen molar-refractivity contribution in [1.82, 2.24) is 5.32 Å². The van der Waals surface area contributed by atoms with E-state index in [1.807, 2.05) is 12.1 Å². The number of hydrogen-bond acceptors (Lipinski definition) is 2. The molecule has 1 aromatic carbocycles. The normalized spacial score (nSPS) is 21.2. The van der Waals surface area contributed by atoms with Crippen molar-refractivity contribution in [2.75, 3.05) is 7.11 Å². The molecule has 2 nitrogen and oxygen atoms in total. The van der Waals surface area contributed by atoms with Crippen LogP contribution in [-0.2, 0) is 6.54 Å². The van der Waals surface area contributed by atoms with Gasteiger partial charge in [-0.3, -0.25) is 0 Å². The summed E-state index contributed by atoms with van der Waals surface area (Å²) < 4.78 is 5.20. The Morgan fingerprint density at radius 1 is 1.19 bits per heavy atom. The maximum atomic E-state index is 6.19. The van der Waals surface area contributed by atoms with Gasteiger partial charge < -0.3 is 10.1 Å². The van der Waals surface area contributed by atoms with Crippen molar-refractivity contribution in [3.63, 3.8) is 0 Å². The molecule has 1 fully saturated rings. The quantitative estimate of drug-likeness (QED) is 0.841. The fourth-order valence-corrected chi connectivity index (χ4v) is 4.35. The van der Waals surface area contributed by atoms with E-state index in [2.05, 4.69) is 39.1 Å². The van der Waals surface area contributed by atoms with E-state index in [9.17, 15) is 0 Å². The van der Waals surface area contributed by atoms with Gasteiger partial charge in [0.25, 0.3) is 0 Å². The molecular formula is C18H28ClNO. The SMILES string of the molecule is COc1ccc(CNC2CC(C)(C)CC(C)(C)C2)cc1Cl.